The summed E-state index contributed by atoms with van der Waals surface area (Å²) in [4.78, 5) is 30.5. The maximum absolute atomic E-state index is 13.0. The van der Waals surface area contributed by atoms with E-state index in [1.54, 1.807) is 17.5 Å². The molecule has 7 heteroatoms. The van der Waals surface area contributed by atoms with Gasteiger partial charge < -0.3 is 10.6 Å². The summed E-state index contributed by atoms with van der Waals surface area (Å²) in [5.74, 6) is 0.329. The van der Waals surface area contributed by atoms with E-state index < -0.39 is 0 Å². The summed E-state index contributed by atoms with van der Waals surface area (Å²) in [5.41, 5.74) is 1.73. The number of benzene rings is 1. The number of aromatic nitrogens is 1. The van der Waals surface area contributed by atoms with E-state index in [0.717, 1.165) is 22.5 Å². The van der Waals surface area contributed by atoms with Gasteiger partial charge in [0.15, 0.2) is 5.13 Å². The number of nitrogens with one attached hydrogen (secondary N) is 2. The maximum Gasteiger partial charge on any atom is 0.233 e. The molecule has 5 nitrogen and oxygen atoms in total. The Balaban J connectivity index is 1.44. The highest BCUT2D eigenvalue weighted by atomic mass is 32.1. The van der Waals surface area contributed by atoms with E-state index in [9.17, 15) is 9.59 Å². The monoisotopic (exact) mass is 439 g/mol. The zero-order valence-corrected chi connectivity index (χ0v) is 18.3. The van der Waals surface area contributed by atoms with Crippen LogP contribution in [0.5, 0.6) is 0 Å². The van der Waals surface area contributed by atoms with Crippen LogP contribution >= 0.6 is 22.7 Å². The van der Waals surface area contributed by atoms with E-state index in [1.165, 1.54) is 37.0 Å². The highest BCUT2D eigenvalue weighted by Crippen LogP contribution is 2.35. The standard InChI is InChI=1S/C23H25N3O2S2/c27-21(15-19-6-3-12-29-19)25-18-9-7-17(8-10-18)20(14-16-4-1-2-5-16)22(28)26-23-24-11-13-30-23/h3,6-13,16,20H,1-2,4-5,14-15H2,(H,25,27)(H,24,26,28). The molecular formula is C23H25N3O2S2. The van der Waals surface area contributed by atoms with Gasteiger partial charge in [-0.2, -0.15) is 0 Å². The van der Waals surface area contributed by atoms with E-state index in [-0.39, 0.29) is 17.7 Å². The molecular weight excluding hydrogens is 414 g/mol. The predicted octanol–water partition coefficient (Wildman–Crippen LogP) is 5.69. The SMILES string of the molecule is O=C(Cc1cccs1)Nc1ccc(C(CC2CCCC2)C(=O)Nc2nccs2)cc1. The first-order valence-electron chi connectivity index (χ1n) is 10.3. The Morgan fingerprint density at radius 1 is 1.03 bits per heavy atom. The fraction of sp³-hybridized carbons (Fsp3) is 0.348. The van der Waals surface area contributed by atoms with Gasteiger partial charge in [0.05, 0.1) is 12.3 Å². The van der Waals surface area contributed by atoms with Crippen molar-refractivity contribution < 1.29 is 9.59 Å². The number of hydrogen-bond donors (Lipinski definition) is 2. The van der Waals surface area contributed by atoms with Crippen LogP contribution in [0.3, 0.4) is 0 Å². The lowest BCUT2D eigenvalue weighted by molar-refractivity contribution is -0.118. The second-order valence-corrected chi connectivity index (χ2v) is 9.62. The molecule has 4 rings (SSSR count). The predicted molar refractivity (Wildman–Crippen MR) is 123 cm³/mol. The van der Waals surface area contributed by atoms with E-state index in [4.69, 9.17) is 0 Å². The summed E-state index contributed by atoms with van der Waals surface area (Å²) in [6.45, 7) is 0. The molecule has 0 spiro atoms. The Kier molecular flexibility index (Phi) is 6.92. The van der Waals surface area contributed by atoms with Crippen molar-refractivity contribution in [1.82, 2.24) is 4.98 Å². The van der Waals surface area contributed by atoms with Crippen LogP contribution in [0.15, 0.2) is 53.4 Å². The minimum absolute atomic E-state index is 0.00803. The number of carbonyl (C=O) groups is 2. The molecule has 2 aromatic heterocycles. The third kappa shape index (κ3) is 5.55. The number of anilines is 2. The minimum Gasteiger partial charge on any atom is -0.326 e. The van der Waals surface area contributed by atoms with Gasteiger partial charge in [0.25, 0.3) is 0 Å². The molecule has 0 aliphatic heterocycles. The molecule has 1 unspecified atom stereocenters. The second-order valence-electron chi connectivity index (χ2n) is 7.69. The topological polar surface area (TPSA) is 71.1 Å². The van der Waals surface area contributed by atoms with Gasteiger partial charge in [-0.15, -0.1) is 22.7 Å². The number of thiophene rings is 1. The van der Waals surface area contributed by atoms with Crippen LogP contribution < -0.4 is 10.6 Å². The number of amides is 2. The van der Waals surface area contributed by atoms with E-state index in [0.29, 0.717) is 17.5 Å². The molecule has 2 heterocycles. The molecule has 1 aromatic carbocycles. The molecule has 0 bridgehead atoms. The van der Waals surface area contributed by atoms with Gasteiger partial charge in [-0.05, 0) is 41.5 Å². The van der Waals surface area contributed by atoms with Gasteiger partial charge in [-0.1, -0.05) is 43.9 Å². The summed E-state index contributed by atoms with van der Waals surface area (Å²) < 4.78 is 0. The fourth-order valence-corrected chi connectivity index (χ4v) is 5.26. The first-order valence-corrected chi connectivity index (χ1v) is 12.1. The Labute approximate surface area is 184 Å². The van der Waals surface area contributed by atoms with Gasteiger partial charge in [-0.3, -0.25) is 9.59 Å². The van der Waals surface area contributed by atoms with Crippen molar-refractivity contribution in [3.63, 3.8) is 0 Å². The first-order chi connectivity index (χ1) is 14.7. The molecule has 2 amide bonds. The molecule has 3 aromatic rings. The number of thiazole rings is 1. The van der Waals surface area contributed by atoms with Crippen LogP contribution in [-0.4, -0.2) is 16.8 Å². The van der Waals surface area contributed by atoms with Crippen molar-refractivity contribution in [3.8, 4) is 0 Å². The van der Waals surface area contributed by atoms with Crippen LogP contribution in [0.2, 0.25) is 0 Å². The molecule has 0 saturated heterocycles. The van der Waals surface area contributed by atoms with E-state index in [2.05, 4.69) is 15.6 Å². The molecule has 1 fully saturated rings. The minimum atomic E-state index is -0.215. The normalized spacial score (nSPS) is 15.1. The smallest absolute Gasteiger partial charge is 0.233 e. The van der Waals surface area contributed by atoms with E-state index in [1.807, 2.05) is 47.2 Å². The molecule has 2 N–H and O–H groups in total. The van der Waals surface area contributed by atoms with Crippen molar-refractivity contribution in [2.75, 3.05) is 10.6 Å². The van der Waals surface area contributed by atoms with Crippen molar-refractivity contribution >= 4 is 45.3 Å². The quantitative estimate of drug-likeness (QED) is 0.474. The average molecular weight is 440 g/mol. The van der Waals surface area contributed by atoms with Crippen LogP contribution in [0, 0.1) is 5.92 Å². The third-order valence-corrected chi connectivity index (χ3v) is 7.10. The van der Waals surface area contributed by atoms with Crippen LogP contribution in [-0.2, 0) is 16.0 Å². The number of hydrogen-bond acceptors (Lipinski definition) is 5. The highest BCUT2D eigenvalue weighted by molar-refractivity contribution is 7.13. The van der Waals surface area contributed by atoms with Crippen molar-refractivity contribution in [1.29, 1.82) is 0 Å². The molecule has 30 heavy (non-hydrogen) atoms. The summed E-state index contributed by atoms with van der Waals surface area (Å²) in [7, 11) is 0. The van der Waals surface area contributed by atoms with Crippen LogP contribution in [0.4, 0.5) is 10.8 Å². The summed E-state index contributed by atoms with van der Waals surface area (Å²) in [6, 6.07) is 11.6. The van der Waals surface area contributed by atoms with Crippen molar-refractivity contribution in [3.05, 3.63) is 63.8 Å². The van der Waals surface area contributed by atoms with Crippen molar-refractivity contribution in [2.45, 2.75) is 44.4 Å². The Hall–Kier alpha value is -2.51. The van der Waals surface area contributed by atoms with Gasteiger partial charge in [0, 0.05) is 22.1 Å². The van der Waals surface area contributed by atoms with Gasteiger partial charge in [0.2, 0.25) is 11.8 Å². The lowest BCUT2D eigenvalue weighted by Crippen LogP contribution is -2.23. The van der Waals surface area contributed by atoms with Gasteiger partial charge in [0.1, 0.15) is 0 Å². The average Bonchev–Trinajstić information content (AvgIpc) is 3.51. The lowest BCUT2D eigenvalue weighted by Gasteiger charge is -2.20. The van der Waals surface area contributed by atoms with Gasteiger partial charge >= 0.3 is 0 Å². The van der Waals surface area contributed by atoms with E-state index >= 15 is 0 Å². The molecule has 1 saturated carbocycles. The number of rotatable bonds is 8. The molecule has 156 valence electrons. The Bertz CT molecular complexity index is 947. The summed E-state index contributed by atoms with van der Waals surface area (Å²) in [6.07, 6.45) is 7.80. The van der Waals surface area contributed by atoms with Crippen LogP contribution in [0.25, 0.3) is 0 Å². The number of nitrogens with zero attached hydrogens (tertiary/aromatic N) is 1. The lowest BCUT2D eigenvalue weighted by atomic mass is 9.87. The maximum atomic E-state index is 13.0. The summed E-state index contributed by atoms with van der Waals surface area (Å²) in [5, 5.41) is 10.4. The molecule has 1 aliphatic rings. The zero-order chi connectivity index (χ0) is 20.8. The molecule has 0 radical (unpaired) electrons. The van der Waals surface area contributed by atoms with Crippen LogP contribution in [0.1, 0.15) is 48.5 Å². The second kappa shape index (κ2) is 10.00. The fourth-order valence-electron chi connectivity index (χ4n) is 4.03. The largest absolute Gasteiger partial charge is 0.326 e. The number of carbonyl (C=O) groups excluding carboxylic acids is 2. The highest BCUT2D eigenvalue weighted by Gasteiger charge is 2.27. The Morgan fingerprint density at radius 3 is 2.50 bits per heavy atom. The summed E-state index contributed by atoms with van der Waals surface area (Å²) >= 11 is 3.01. The van der Waals surface area contributed by atoms with Crippen molar-refractivity contribution in [2.24, 2.45) is 5.92 Å². The first kappa shape index (κ1) is 20.8. The Morgan fingerprint density at radius 2 is 1.83 bits per heavy atom. The molecule has 1 aliphatic carbocycles. The zero-order valence-electron chi connectivity index (χ0n) is 16.7. The third-order valence-electron chi connectivity index (χ3n) is 5.53. The molecule has 1 atom stereocenters. The van der Waals surface area contributed by atoms with Gasteiger partial charge in [-0.25, -0.2) is 4.98 Å².